The standard InChI is InChI=1S/C17H21N5O3S/c1-20-14(4-6-19-20)17(23)22-8-7-21(10-13-3-2-5-18-9-13)15-11-26(24,25)12-16(15)22/h2-6,9,15-16H,7-8,10-12H2,1H3/t15-,16+/m1/s1. The number of piperazine rings is 1. The van der Waals surface area contributed by atoms with Crippen LogP contribution in [0.2, 0.25) is 0 Å². The molecule has 2 aliphatic rings. The quantitative estimate of drug-likeness (QED) is 0.747. The zero-order valence-corrected chi connectivity index (χ0v) is 15.3. The van der Waals surface area contributed by atoms with Crippen LogP contribution in [0.1, 0.15) is 16.1 Å². The zero-order chi connectivity index (χ0) is 18.3. The van der Waals surface area contributed by atoms with Crippen molar-refractivity contribution in [3.63, 3.8) is 0 Å². The Kier molecular flexibility index (Phi) is 4.28. The van der Waals surface area contributed by atoms with Crippen LogP contribution in [0.4, 0.5) is 0 Å². The van der Waals surface area contributed by atoms with Gasteiger partial charge >= 0.3 is 0 Å². The Hall–Kier alpha value is -2.26. The highest BCUT2D eigenvalue weighted by Crippen LogP contribution is 2.29. The third-order valence-corrected chi connectivity index (χ3v) is 6.90. The maximum atomic E-state index is 12.9. The van der Waals surface area contributed by atoms with E-state index >= 15 is 0 Å². The number of amides is 1. The number of sulfone groups is 1. The van der Waals surface area contributed by atoms with Gasteiger partial charge in [-0.25, -0.2) is 8.42 Å². The molecule has 0 spiro atoms. The van der Waals surface area contributed by atoms with E-state index in [0.717, 1.165) is 5.56 Å². The van der Waals surface area contributed by atoms with E-state index in [1.165, 1.54) is 4.68 Å². The zero-order valence-electron chi connectivity index (χ0n) is 14.5. The molecular formula is C17H21N5O3S. The van der Waals surface area contributed by atoms with E-state index in [0.29, 0.717) is 25.3 Å². The number of hydrogen-bond donors (Lipinski definition) is 0. The Morgan fingerprint density at radius 3 is 2.69 bits per heavy atom. The smallest absolute Gasteiger partial charge is 0.272 e. The van der Waals surface area contributed by atoms with Gasteiger partial charge in [0, 0.05) is 51.3 Å². The minimum atomic E-state index is -3.17. The molecule has 8 nitrogen and oxygen atoms in total. The second-order valence-electron chi connectivity index (χ2n) is 6.88. The van der Waals surface area contributed by atoms with E-state index in [-0.39, 0.29) is 29.5 Å². The minimum Gasteiger partial charge on any atom is -0.330 e. The molecule has 0 bridgehead atoms. The number of pyridine rings is 1. The minimum absolute atomic E-state index is 0.0186. The van der Waals surface area contributed by atoms with Crippen LogP contribution in [0.15, 0.2) is 36.8 Å². The Morgan fingerprint density at radius 2 is 2.00 bits per heavy atom. The lowest BCUT2D eigenvalue weighted by molar-refractivity contribution is 0.0297. The fourth-order valence-electron chi connectivity index (χ4n) is 3.93. The highest BCUT2D eigenvalue weighted by atomic mass is 32.2. The lowest BCUT2D eigenvalue weighted by atomic mass is 10.0. The summed E-state index contributed by atoms with van der Waals surface area (Å²) >= 11 is 0. The summed E-state index contributed by atoms with van der Waals surface area (Å²) in [6.45, 7) is 1.77. The van der Waals surface area contributed by atoms with Crippen LogP contribution >= 0.6 is 0 Å². The summed E-state index contributed by atoms with van der Waals surface area (Å²) in [6, 6.07) is 5.01. The van der Waals surface area contributed by atoms with Gasteiger partial charge in [-0.15, -0.1) is 0 Å². The SMILES string of the molecule is Cn1nccc1C(=O)N1CCN(Cc2cccnc2)[C@@H]2CS(=O)(=O)C[C@@H]21. The van der Waals surface area contributed by atoms with Gasteiger partial charge in [-0.3, -0.25) is 19.4 Å². The first kappa shape index (κ1) is 17.2. The Morgan fingerprint density at radius 1 is 1.19 bits per heavy atom. The van der Waals surface area contributed by atoms with Crippen molar-refractivity contribution in [3.8, 4) is 0 Å². The van der Waals surface area contributed by atoms with Crippen molar-refractivity contribution < 1.29 is 13.2 Å². The van der Waals surface area contributed by atoms with E-state index in [1.54, 1.807) is 36.6 Å². The maximum absolute atomic E-state index is 12.9. The number of carbonyl (C=O) groups is 1. The van der Waals surface area contributed by atoms with E-state index in [2.05, 4.69) is 15.0 Å². The number of aryl methyl sites for hydroxylation is 1. The summed E-state index contributed by atoms with van der Waals surface area (Å²) in [7, 11) is -1.46. The maximum Gasteiger partial charge on any atom is 0.272 e. The van der Waals surface area contributed by atoms with Crippen molar-refractivity contribution >= 4 is 15.7 Å². The van der Waals surface area contributed by atoms with Crippen molar-refractivity contribution in [2.45, 2.75) is 18.6 Å². The fourth-order valence-corrected chi connectivity index (χ4v) is 5.94. The van der Waals surface area contributed by atoms with E-state index in [9.17, 15) is 13.2 Å². The third kappa shape index (κ3) is 3.12. The molecule has 2 aliphatic heterocycles. The first-order valence-electron chi connectivity index (χ1n) is 8.57. The predicted octanol–water partition coefficient (Wildman–Crippen LogP) is -0.0613. The van der Waals surface area contributed by atoms with Gasteiger partial charge in [-0.1, -0.05) is 6.07 Å². The van der Waals surface area contributed by atoms with Gasteiger partial charge in [0.05, 0.1) is 17.5 Å². The molecule has 0 saturated carbocycles. The van der Waals surface area contributed by atoms with Crippen molar-refractivity contribution in [3.05, 3.63) is 48.0 Å². The Balaban J connectivity index is 1.60. The monoisotopic (exact) mass is 375 g/mol. The molecule has 9 heteroatoms. The predicted molar refractivity (Wildman–Crippen MR) is 95.1 cm³/mol. The Bertz CT molecular complexity index is 911. The van der Waals surface area contributed by atoms with Gasteiger partial charge in [-0.05, 0) is 17.7 Å². The molecule has 4 heterocycles. The Labute approximate surface area is 152 Å². The van der Waals surface area contributed by atoms with Gasteiger partial charge in [0.1, 0.15) is 5.69 Å². The van der Waals surface area contributed by atoms with Crippen LogP contribution in [-0.4, -0.2) is 75.6 Å². The van der Waals surface area contributed by atoms with Gasteiger partial charge in [0.25, 0.3) is 5.91 Å². The molecule has 2 atom stereocenters. The molecule has 4 rings (SSSR count). The molecule has 0 aromatic carbocycles. The lowest BCUT2D eigenvalue weighted by Crippen LogP contribution is -2.60. The van der Waals surface area contributed by atoms with E-state index < -0.39 is 9.84 Å². The molecule has 2 saturated heterocycles. The van der Waals surface area contributed by atoms with Gasteiger partial charge in [0.15, 0.2) is 9.84 Å². The normalized spacial score (nSPS) is 25.2. The molecule has 26 heavy (non-hydrogen) atoms. The van der Waals surface area contributed by atoms with Gasteiger partial charge in [0.2, 0.25) is 0 Å². The van der Waals surface area contributed by atoms with Gasteiger partial charge < -0.3 is 4.90 Å². The first-order chi connectivity index (χ1) is 12.4. The molecule has 2 aromatic heterocycles. The van der Waals surface area contributed by atoms with Crippen LogP contribution in [0, 0.1) is 0 Å². The molecule has 0 unspecified atom stereocenters. The third-order valence-electron chi connectivity index (χ3n) is 5.20. The topological polar surface area (TPSA) is 88.4 Å². The van der Waals surface area contributed by atoms with E-state index in [4.69, 9.17) is 0 Å². The van der Waals surface area contributed by atoms with E-state index in [1.807, 2.05) is 12.1 Å². The van der Waals surface area contributed by atoms with Gasteiger partial charge in [-0.2, -0.15) is 5.10 Å². The summed E-state index contributed by atoms with van der Waals surface area (Å²) < 4.78 is 26.2. The summed E-state index contributed by atoms with van der Waals surface area (Å²) in [5, 5.41) is 4.05. The highest BCUT2D eigenvalue weighted by Gasteiger charge is 2.48. The summed E-state index contributed by atoms with van der Waals surface area (Å²) in [4.78, 5) is 21.0. The van der Waals surface area contributed by atoms with Crippen LogP contribution in [0.25, 0.3) is 0 Å². The number of carbonyl (C=O) groups excluding carboxylic acids is 1. The number of nitrogens with zero attached hydrogens (tertiary/aromatic N) is 5. The molecular weight excluding hydrogens is 354 g/mol. The van der Waals surface area contributed by atoms with Crippen LogP contribution in [-0.2, 0) is 23.4 Å². The molecule has 138 valence electrons. The molecule has 1 amide bonds. The second kappa shape index (κ2) is 6.48. The number of hydrogen-bond acceptors (Lipinski definition) is 6. The molecule has 0 N–H and O–H groups in total. The number of aromatic nitrogens is 3. The average Bonchev–Trinajstić information content (AvgIpc) is 3.17. The first-order valence-corrected chi connectivity index (χ1v) is 10.4. The summed E-state index contributed by atoms with van der Waals surface area (Å²) in [5.74, 6) is -0.0455. The fraction of sp³-hybridized carbons (Fsp3) is 0.471. The van der Waals surface area contributed by atoms with Crippen LogP contribution in [0.3, 0.4) is 0 Å². The van der Waals surface area contributed by atoms with Crippen molar-refractivity contribution in [2.24, 2.45) is 7.05 Å². The molecule has 0 radical (unpaired) electrons. The molecule has 0 aliphatic carbocycles. The molecule has 2 fully saturated rings. The second-order valence-corrected chi connectivity index (χ2v) is 9.04. The summed E-state index contributed by atoms with van der Waals surface area (Å²) in [6.07, 6.45) is 5.09. The molecule has 2 aromatic rings. The van der Waals surface area contributed by atoms with Crippen LogP contribution < -0.4 is 0 Å². The number of rotatable bonds is 3. The summed E-state index contributed by atoms with van der Waals surface area (Å²) in [5.41, 5.74) is 1.52. The lowest BCUT2D eigenvalue weighted by Gasteiger charge is -2.43. The highest BCUT2D eigenvalue weighted by molar-refractivity contribution is 7.91. The van der Waals surface area contributed by atoms with Crippen molar-refractivity contribution in [1.29, 1.82) is 0 Å². The van der Waals surface area contributed by atoms with Crippen LogP contribution in [0.5, 0.6) is 0 Å². The van der Waals surface area contributed by atoms with Crippen molar-refractivity contribution in [1.82, 2.24) is 24.6 Å². The largest absolute Gasteiger partial charge is 0.330 e. The van der Waals surface area contributed by atoms with Crippen molar-refractivity contribution in [2.75, 3.05) is 24.6 Å². The average molecular weight is 375 g/mol. The number of fused-ring (bicyclic) bond motifs is 1.